The highest BCUT2D eigenvalue weighted by molar-refractivity contribution is 7.99. The molecule has 1 aromatic carbocycles. The Morgan fingerprint density at radius 1 is 1.07 bits per heavy atom. The number of hydrogen-bond donors (Lipinski definition) is 0. The number of aromatic nitrogens is 1. The number of carbonyl (C=O) groups excluding carboxylic acids is 1. The van der Waals surface area contributed by atoms with Gasteiger partial charge in [-0.15, -0.1) is 0 Å². The van der Waals surface area contributed by atoms with Crippen molar-refractivity contribution in [1.29, 1.82) is 0 Å². The first kappa shape index (κ1) is 18.4. The zero-order chi connectivity index (χ0) is 18.9. The number of benzene rings is 1. The van der Waals surface area contributed by atoms with Gasteiger partial charge in [-0.1, -0.05) is 12.1 Å². The van der Waals surface area contributed by atoms with Gasteiger partial charge in [-0.2, -0.15) is 11.8 Å². The predicted octanol–water partition coefficient (Wildman–Crippen LogP) is 4.17. The van der Waals surface area contributed by atoms with Gasteiger partial charge in [0, 0.05) is 50.8 Å². The van der Waals surface area contributed by atoms with E-state index in [0.717, 1.165) is 42.7 Å². The van der Waals surface area contributed by atoms with Gasteiger partial charge in [0.05, 0.1) is 5.56 Å². The minimum atomic E-state index is 0.120. The van der Waals surface area contributed by atoms with Gasteiger partial charge in [-0.3, -0.25) is 9.78 Å². The predicted molar refractivity (Wildman–Crippen MR) is 114 cm³/mol. The van der Waals surface area contributed by atoms with Crippen LogP contribution < -0.4 is 4.90 Å². The lowest BCUT2D eigenvalue weighted by atomic mass is 9.78. The van der Waals surface area contributed by atoms with Crippen molar-refractivity contribution < 1.29 is 4.79 Å². The van der Waals surface area contributed by atoms with Gasteiger partial charge in [-0.05, 0) is 59.9 Å². The summed E-state index contributed by atoms with van der Waals surface area (Å²) in [6, 6.07) is 10.3. The van der Waals surface area contributed by atoms with Gasteiger partial charge < -0.3 is 9.80 Å². The maximum Gasteiger partial charge on any atom is 0.255 e. The van der Waals surface area contributed by atoms with Crippen LogP contribution in [0.25, 0.3) is 11.1 Å². The highest BCUT2D eigenvalue weighted by atomic mass is 32.2. The third-order valence-electron chi connectivity index (χ3n) is 6.00. The normalized spacial score (nSPS) is 18.7. The lowest BCUT2D eigenvalue weighted by molar-refractivity contribution is 0.0616. The van der Waals surface area contributed by atoms with Crippen LogP contribution in [0.3, 0.4) is 0 Å². The Morgan fingerprint density at radius 2 is 1.81 bits per heavy atom. The molecule has 27 heavy (non-hydrogen) atoms. The maximum atomic E-state index is 13.0. The average Bonchev–Trinajstić information content (AvgIpc) is 3.16. The molecule has 1 aromatic heterocycles. The van der Waals surface area contributed by atoms with E-state index in [4.69, 9.17) is 0 Å². The van der Waals surface area contributed by atoms with Crippen LogP contribution >= 0.6 is 11.8 Å². The van der Waals surface area contributed by atoms with Crippen molar-refractivity contribution in [2.45, 2.75) is 19.3 Å². The number of nitrogens with zero attached hydrogens (tertiary/aromatic N) is 3. The largest absolute Gasteiger partial charge is 0.378 e. The monoisotopic (exact) mass is 381 g/mol. The van der Waals surface area contributed by atoms with Crippen molar-refractivity contribution in [2.75, 3.05) is 43.6 Å². The molecule has 0 atom stereocenters. The van der Waals surface area contributed by atoms with E-state index in [0.29, 0.717) is 11.0 Å². The van der Waals surface area contributed by atoms with E-state index in [1.54, 1.807) is 6.20 Å². The summed E-state index contributed by atoms with van der Waals surface area (Å²) >= 11 is 2.07. The van der Waals surface area contributed by atoms with E-state index in [1.165, 1.54) is 17.9 Å². The van der Waals surface area contributed by atoms with Crippen molar-refractivity contribution in [3.8, 4) is 11.1 Å². The number of likely N-dealkylation sites (tertiary alicyclic amines) is 1. The number of piperidine rings is 1. The van der Waals surface area contributed by atoms with Crippen LogP contribution in [0.4, 0.5) is 5.69 Å². The molecule has 4 nitrogen and oxygen atoms in total. The van der Waals surface area contributed by atoms with Gasteiger partial charge in [0.25, 0.3) is 5.91 Å². The standard InChI is InChI=1S/C22H27N3OS/c1-24(2)20-5-3-17(4-6-20)18-13-19(15-23-14-18)21(26)25-10-7-22(8-11-25)9-12-27-16-22/h3-6,13-15H,7-12,16H2,1-2H3. The molecule has 0 N–H and O–H groups in total. The van der Waals surface area contributed by atoms with Crippen molar-refractivity contribution in [3.63, 3.8) is 0 Å². The summed E-state index contributed by atoms with van der Waals surface area (Å²) in [5.74, 6) is 2.68. The van der Waals surface area contributed by atoms with Gasteiger partial charge in [0.1, 0.15) is 0 Å². The van der Waals surface area contributed by atoms with E-state index >= 15 is 0 Å². The molecule has 4 rings (SSSR count). The Bertz CT molecular complexity index is 803. The molecule has 0 radical (unpaired) electrons. The molecule has 2 aliphatic heterocycles. The molecule has 0 saturated carbocycles. The summed E-state index contributed by atoms with van der Waals surface area (Å²) < 4.78 is 0. The average molecular weight is 382 g/mol. The minimum Gasteiger partial charge on any atom is -0.378 e. The van der Waals surface area contributed by atoms with Gasteiger partial charge in [0.2, 0.25) is 0 Å². The van der Waals surface area contributed by atoms with Crippen molar-refractivity contribution in [2.24, 2.45) is 5.41 Å². The number of anilines is 1. The molecule has 2 aromatic rings. The second-order valence-corrected chi connectivity index (χ2v) is 9.10. The molecule has 3 heterocycles. The first-order valence-electron chi connectivity index (χ1n) is 9.66. The Kier molecular flexibility index (Phi) is 5.13. The molecule has 1 amide bonds. The van der Waals surface area contributed by atoms with Crippen LogP contribution in [0, 0.1) is 5.41 Å². The molecule has 0 bridgehead atoms. The van der Waals surface area contributed by atoms with E-state index in [1.807, 2.05) is 31.3 Å². The molecule has 0 unspecified atom stereocenters. The lowest BCUT2D eigenvalue weighted by Gasteiger charge is -2.38. The first-order valence-corrected chi connectivity index (χ1v) is 10.8. The SMILES string of the molecule is CN(C)c1ccc(-c2cncc(C(=O)N3CCC4(CCSC4)CC3)c2)cc1. The second-order valence-electron chi connectivity index (χ2n) is 8.00. The molecule has 2 saturated heterocycles. The molecule has 0 aliphatic carbocycles. The summed E-state index contributed by atoms with van der Waals surface area (Å²) in [6.07, 6.45) is 7.15. The third-order valence-corrected chi connectivity index (χ3v) is 7.31. The first-order chi connectivity index (χ1) is 13.1. The molecule has 5 heteroatoms. The topological polar surface area (TPSA) is 36.4 Å². The fraction of sp³-hybridized carbons (Fsp3) is 0.455. The van der Waals surface area contributed by atoms with Gasteiger partial charge in [-0.25, -0.2) is 0 Å². The van der Waals surface area contributed by atoms with Crippen LogP contribution in [0.5, 0.6) is 0 Å². The van der Waals surface area contributed by atoms with Gasteiger partial charge >= 0.3 is 0 Å². The van der Waals surface area contributed by atoms with E-state index in [2.05, 4.69) is 45.9 Å². The fourth-order valence-electron chi connectivity index (χ4n) is 4.08. The molecule has 1 spiro atoms. The summed E-state index contributed by atoms with van der Waals surface area (Å²) in [7, 11) is 4.06. The maximum absolute atomic E-state index is 13.0. The molecule has 2 fully saturated rings. The number of carbonyl (C=O) groups is 1. The van der Waals surface area contributed by atoms with Crippen LogP contribution in [0.2, 0.25) is 0 Å². The highest BCUT2D eigenvalue weighted by Crippen LogP contribution is 2.44. The van der Waals surface area contributed by atoms with Crippen LogP contribution in [-0.2, 0) is 0 Å². The smallest absolute Gasteiger partial charge is 0.255 e. The van der Waals surface area contributed by atoms with E-state index in [-0.39, 0.29) is 5.91 Å². The van der Waals surface area contributed by atoms with Crippen LogP contribution in [-0.4, -0.2) is 54.5 Å². The summed E-state index contributed by atoms with van der Waals surface area (Å²) in [6.45, 7) is 1.75. The number of pyridine rings is 1. The molecule has 142 valence electrons. The van der Waals surface area contributed by atoms with Crippen molar-refractivity contribution in [3.05, 3.63) is 48.3 Å². The van der Waals surface area contributed by atoms with Crippen LogP contribution in [0.15, 0.2) is 42.7 Å². The van der Waals surface area contributed by atoms with Crippen LogP contribution in [0.1, 0.15) is 29.6 Å². The number of rotatable bonds is 3. The summed E-state index contributed by atoms with van der Waals surface area (Å²) in [4.78, 5) is 21.4. The third kappa shape index (κ3) is 3.84. The number of amides is 1. The highest BCUT2D eigenvalue weighted by Gasteiger charge is 2.38. The second kappa shape index (κ2) is 7.55. The fourth-order valence-corrected chi connectivity index (χ4v) is 5.67. The lowest BCUT2D eigenvalue weighted by Crippen LogP contribution is -2.43. The van der Waals surface area contributed by atoms with Crippen molar-refractivity contribution in [1.82, 2.24) is 9.88 Å². The number of hydrogen-bond acceptors (Lipinski definition) is 4. The number of thioether (sulfide) groups is 1. The summed E-state index contributed by atoms with van der Waals surface area (Å²) in [5, 5.41) is 0. The Labute approximate surface area is 166 Å². The Hall–Kier alpha value is -2.01. The van der Waals surface area contributed by atoms with E-state index in [9.17, 15) is 4.79 Å². The van der Waals surface area contributed by atoms with Gasteiger partial charge in [0.15, 0.2) is 0 Å². The Balaban J connectivity index is 1.48. The zero-order valence-electron chi connectivity index (χ0n) is 16.1. The Morgan fingerprint density at radius 3 is 2.44 bits per heavy atom. The molecule has 2 aliphatic rings. The quantitative estimate of drug-likeness (QED) is 0.799. The minimum absolute atomic E-state index is 0.120. The van der Waals surface area contributed by atoms with Crippen molar-refractivity contribution >= 4 is 23.4 Å². The molecular formula is C22H27N3OS. The van der Waals surface area contributed by atoms with E-state index < -0.39 is 0 Å². The molecular weight excluding hydrogens is 354 g/mol. The summed E-state index contributed by atoms with van der Waals surface area (Å²) in [5.41, 5.74) is 4.43. The zero-order valence-corrected chi connectivity index (χ0v) is 17.0.